The summed E-state index contributed by atoms with van der Waals surface area (Å²) in [5.41, 5.74) is -0.918. The first-order chi connectivity index (χ1) is 11.7. The van der Waals surface area contributed by atoms with Crippen LogP contribution in [0.1, 0.15) is 18.2 Å². The molecule has 1 aromatic heterocycles. The number of aryl methyl sites for hydroxylation is 1. The van der Waals surface area contributed by atoms with Gasteiger partial charge in [0, 0.05) is 18.2 Å². The van der Waals surface area contributed by atoms with E-state index in [1.54, 1.807) is 0 Å². The van der Waals surface area contributed by atoms with Crippen molar-refractivity contribution in [2.75, 3.05) is 6.61 Å². The van der Waals surface area contributed by atoms with E-state index in [4.69, 9.17) is 29.3 Å². The van der Waals surface area contributed by atoms with E-state index in [0.29, 0.717) is 5.56 Å². The summed E-state index contributed by atoms with van der Waals surface area (Å²) in [5.74, 6) is 0. The molecule has 26 heavy (non-hydrogen) atoms. The molecule has 0 bridgehead atoms. The number of aromatic nitrogens is 2. The zero-order chi connectivity index (χ0) is 20.3. The molecule has 8 N–H and O–H groups in total. The molecule has 1 aliphatic heterocycles. The molecule has 150 valence electrons. The minimum atomic E-state index is -5.00. The minimum absolute atomic E-state index is 0.0283. The van der Waals surface area contributed by atoms with Crippen molar-refractivity contribution in [1.29, 1.82) is 0 Å². The number of phosphoric acid groups is 1. The summed E-state index contributed by atoms with van der Waals surface area (Å²) in [7, 11) is -4.67. The van der Waals surface area contributed by atoms with Crippen molar-refractivity contribution in [3.8, 4) is 0 Å². The van der Waals surface area contributed by atoms with Gasteiger partial charge in [-0.15, -0.1) is 0 Å². The summed E-state index contributed by atoms with van der Waals surface area (Å²) < 4.78 is 50.9. The molecular weight excluding hydrogens is 419 g/mol. The first-order valence-electron chi connectivity index (χ1n) is 6.92. The van der Waals surface area contributed by atoms with Crippen LogP contribution in [0.3, 0.4) is 0 Å². The average Bonchev–Trinajstić information content (AvgIpc) is 2.79. The van der Waals surface area contributed by atoms with Crippen LogP contribution in [0.4, 0.5) is 0 Å². The third-order valence-electron chi connectivity index (χ3n) is 3.07. The Balaban J connectivity index is 0.000000597. The molecule has 0 saturated carbocycles. The van der Waals surface area contributed by atoms with Crippen molar-refractivity contribution in [3.05, 3.63) is 32.6 Å². The van der Waals surface area contributed by atoms with E-state index in [-0.39, 0.29) is 6.42 Å². The van der Waals surface area contributed by atoms with Crippen LogP contribution in [0.15, 0.2) is 15.8 Å². The second-order valence-electron chi connectivity index (χ2n) is 5.30. The second-order valence-corrected chi connectivity index (χ2v) is 8.41. The fourth-order valence-corrected chi connectivity index (χ4v) is 2.35. The van der Waals surface area contributed by atoms with Crippen molar-refractivity contribution in [1.82, 2.24) is 9.55 Å². The first kappa shape index (κ1) is 23.3. The van der Waals surface area contributed by atoms with Crippen LogP contribution in [0.2, 0.25) is 0 Å². The monoisotopic (exact) mass is 438 g/mol. The molecule has 1 saturated heterocycles. The van der Waals surface area contributed by atoms with Crippen LogP contribution < -0.4 is 11.2 Å². The average molecular weight is 438 g/mol. The molecule has 0 spiro atoms. The van der Waals surface area contributed by atoms with Gasteiger partial charge in [-0.2, -0.15) is 0 Å². The van der Waals surface area contributed by atoms with Crippen molar-refractivity contribution in [3.63, 3.8) is 0 Å². The van der Waals surface area contributed by atoms with Gasteiger partial charge in [0.2, 0.25) is 0 Å². The van der Waals surface area contributed by atoms with Crippen molar-refractivity contribution >= 4 is 7.82 Å². The molecule has 1 aromatic rings. The standard InChI is InChI=1S/C10H15N2O8P.4H2O.Ti/c1-5-3-12(10(15)11-9(5)14)8-2-6(13)7(20-8)4-19-21(16,17)18;;;;;/h3,6-8,13H,2,4H2,1H3,(H,11,14,15)(H2,16,17,18);4*1H2;/q;;;;;+4/p-4/t6-,7+,8+;;;;;/m0...../s1. The van der Waals surface area contributed by atoms with E-state index >= 15 is 0 Å². The van der Waals surface area contributed by atoms with Gasteiger partial charge in [-0.25, -0.2) is 9.36 Å². The fraction of sp³-hybridized carbons (Fsp3) is 0.600. The molecule has 2 rings (SSSR count). The number of hydrogen-bond acceptors (Lipinski definition) is 10. The van der Waals surface area contributed by atoms with Crippen LogP contribution in [0, 0.1) is 6.92 Å². The molecule has 0 unspecified atom stereocenters. The quantitative estimate of drug-likeness (QED) is 0.168. The Morgan fingerprint density at radius 2 is 1.88 bits per heavy atom. The molecule has 0 amide bonds. The molecule has 0 aromatic carbocycles. The molecule has 0 aliphatic carbocycles. The van der Waals surface area contributed by atoms with Gasteiger partial charge < -0.3 is 19.6 Å². The Kier molecular flexibility index (Phi) is 8.04. The summed E-state index contributed by atoms with van der Waals surface area (Å²) in [5, 5.41) is 9.79. The molecule has 3 atom stereocenters. The van der Waals surface area contributed by atoms with Gasteiger partial charge in [0.15, 0.2) is 0 Å². The van der Waals surface area contributed by atoms with E-state index in [0.717, 1.165) is 4.57 Å². The number of nitrogens with one attached hydrogen (secondary N) is 1. The van der Waals surface area contributed by atoms with E-state index in [1.165, 1.54) is 13.1 Å². The van der Waals surface area contributed by atoms with Gasteiger partial charge in [0.25, 0.3) is 5.56 Å². The molecule has 14 nitrogen and oxygen atoms in total. The normalized spacial score (nSPS) is 23.5. The van der Waals surface area contributed by atoms with Crippen molar-refractivity contribution in [2.45, 2.75) is 31.8 Å². The molecule has 0 radical (unpaired) electrons. The number of H-pyrrole nitrogens is 1. The molecule has 2 heterocycles. The summed E-state index contributed by atoms with van der Waals surface area (Å²) in [6.07, 6.45) is -1.57. The number of hydrogen-bond donors (Lipinski definition) is 8. The number of aromatic amines is 1. The Hall–Kier alpha value is -0.736. The van der Waals surface area contributed by atoms with Crippen molar-refractivity contribution in [2.24, 2.45) is 0 Å². The van der Waals surface area contributed by atoms with Gasteiger partial charge in [0.1, 0.15) is 12.3 Å². The van der Waals surface area contributed by atoms with Crippen LogP contribution in [-0.2, 0) is 32.0 Å². The third kappa shape index (κ3) is 8.30. The second kappa shape index (κ2) is 8.97. The summed E-state index contributed by atoms with van der Waals surface area (Å²) in [6.45, 7) is 0.994. The summed E-state index contributed by atoms with van der Waals surface area (Å²) in [4.78, 5) is 42.3. The SMILES string of the molecule is Cc1cn([C@H]2C[C@H](O)[C@@H](COP(=O)(O)O)O2)c(=O)[nH]c1=O.[OH][Ti]([OH])([OH])[OH]. The molecule has 16 heteroatoms. The van der Waals surface area contributed by atoms with Gasteiger partial charge in [-0.05, 0) is 6.92 Å². The Labute approximate surface area is 150 Å². The number of aliphatic hydroxyl groups is 1. The maximum atomic E-state index is 11.7. The van der Waals surface area contributed by atoms with Gasteiger partial charge in [-0.3, -0.25) is 18.9 Å². The fourth-order valence-electron chi connectivity index (χ4n) is 2.01. The number of nitrogens with zero attached hydrogens (tertiary/aromatic N) is 1. The predicted molar refractivity (Wildman–Crippen MR) is 77.5 cm³/mol. The zero-order valence-electron chi connectivity index (χ0n) is 13.3. The van der Waals surface area contributed by atoms with E-state index in [2.05, 4.69) is 9.51 Å². The van der Waals surface area contributed by atoms with Crippen LogP contribution in [-0.4, -0.2) is 58.0 Å². The Bertz CT molecular complexity index is 761. The third-order valence-corrected chi connectivity index (χ3v) is 3.55. The number of phosphoric ester groups is 1. The van der Waals surface area contributed by atoms with Crippen LogP contribution in [0.25, 0.3) is 0 Å². The number of rotatable bonds is 4. The molecule has 1 fully saturated rings. The van der Waals surface area contributed by atoms with Gasteiger partial charge >= 0.3 is 46.4 Å². The zero-order valence-corrected chi connectivity index (χ0v) is 15.7. The summed E-state index contributed by atoms with van der Waals surface area (Å²) in [6, 6.07) is 0. The van der Waals surface area contributed by atoms with Crippen molar-refractivity contribution < 1.29 is 61.6 Å². The number of aliphatic hydroxyl groups excluding tert-OH is 1. The van der Waals surface area contributed by atoms with Gasteiger partial charge in [-0.1, -0.05) is 0 Å². The topological polar surface area (TPSA) is 232 Å². The van der Waals surface area contributed by atoms with E-state index in [9.17, 15) is 19.3 Å². The summed E-state index contributed by atoms with van der Waals surface area (Å²) >= 11 is -5.00. The molecular formula is C10H19N2O12PTi. The maximum absolute atomic E-state index is 11.7. The Morgan fingerprint density at radius 1 is 1.35 bits per heavy atom. The predicted octanol–water partition coefficient (Wildman–Crippen LogP) is -3.63. The van der Waals surface area contributed by atoms with Crippen LogP contribution >= 0.6 is 7.82 Å². The first-order valence-corrected chi connectivity index (χ1v) is 11.2. The molecule has 1 aliphatic rings. The van der Waals surface area contributed by atoms with E-state index in [1.807, 2.05) is 0 Å². The van der Waals surface area contributed by atoms with Crippen LogP contribution in [0.5, 0.6) is 0 Å². The number of ether oxygens (including phenoxy) is 1. The Morgan fingerprint density at radius 3 is 2.38 bits per heavy atom. The van der Waals surface area contributed by atoms with Gasteiger partial charge in [0.05, 0.1) is 12.7 Å². The van der Waals surface area contributed by atoms with E-state index < -0.39 is 62.3 Å².